The Hall–Kier alpha value is -2.80. The van der Waals surface area contributed by atoms with Gasteiger partial charge >= 0.3 is 0 Å². The molecule has 0 fully saturated rings. The fraction of sp³-hybridized carbons (Fsp3) is 0. The quantitative estimate of drug-likeness (QED) is 0.693. The van der Waals surface area contributed by atoms with Gasteiger partial charge in [-0.2, -0.15) is 5.10 Å². The van der Waals surface area contributed by atoms with E-state index in [9.17, 15) is 9.18 Å². The fourth-order valence-electron chi connectivity index (χ4n) is 2.06. The smallest absolute Gasteiger partial charge is 0.248 e. The number of anilines is 1. The normalized spacial score (nSPS) is 10.9. The average Bonchev–Trinajstić information content (AvgIpc) is 3.09. The van der Waals surface area contributed by atoms with Crippen molar-refractivity contribution in [1.82, 2.24) is 14.8 Å². The molecule has 1 N–H and O–H groups in total. The van der Waals surface area contributed by atoms with E-state index >= 15 is 0 Å². The monoisotopic (exact) mass is 386 g/mol. The van der Waals surface area contributed by atoms with E-state index in [1.807, 2.05) is 12.1 Å². The van der Waals surface area contributed by atoms with Gasteiger partial charge in [-0.3, -0.25) is 4.79 Å². The van der Waals surface area contributed by atoms with Gasteiger partial charge in [-0.25, -0.2) is 14.1 Å². The van der Waals surface area contributed by atoms with Crippen LogP contribution in [0.5, 0.6) is 0 Å². The lowest BCUT2D eigenvalue weighted by atomic mass is 10.2. The van der Waals surface area contributed by atoms with Gasteiger partial charge in [0.1, 0.15) is 18.5 Å². The standard InChI is InChI=1S/C17H12BrFN4O/c18-13-4-7-16(23-11-20-10-21-23)15(9-13)22-17(24)8-3-12-1-5-14(19)6-2-12/h1-11H,(H,22,24)/b8-3+. The van der Waals surface area contributed by atoms with Crippen LogP contribution in [0.1, 0.15) is 5.56 Å². The van der Waals surface area contributed by atoms with Crippen LogP contribution in [-0.2, 0) is 4.79 Å². The molecule has 0 saturated carbocycles. The molecular formula is C17H12BrFN4O. The highest BCUT2D eigenvalue weighted by Gasteiger charge is 2.08. The molecule has 0 unspecified atom stereocenters. The molecule has 0 bridgehead atoms. The minimum Gasteiger partial charge on any atom is -0.321 e. The zero-order valence-corrected chi connectivity index (χ0v) is 13.9. The number of rotatable bonds is 4. The van der Waals surface area contributed by atoms with Crippen LogP contribution in [0, 0.1) is 5.82 Å². The Kier molecular flexibility index (Phi) is 4.81. The van der Waals surface area contributed by atoms with Gasteiger partial charge in [-0.15, -0.1) is 0 Å². The van der Waals surface area contributed by atoms with Crippen LogP contribution >= 0.6 is 15.9 Å². The summed E-state index contributed by atoms with van der Waals surface area (Å²) in [6.45, 7) is 0. The maximum absolute atomic E-state index is 12.9. The topological polar surface area (TPSA) is 59.8 Å². The molecule has 5 nitrogen and oxygen atoms in total. The van der Waals surface area contributed by atoms with Crippen molar-refractivity contribution in [2.24, 2.45) is 0 Å². The number of halogens is 2. The van der Waals surface area contributed by atoms with E-state index in [1.54, 1.807) is 35.3 Å². The van der Waals surface area contributed by atoms with E-state index in [1.165, 1.54) is 24.5 Å². The Morgan fingerprint density at radius 2 is 2.00 bits per heavy atom. The van der Waals surface area contributed by atoms with E-state index < -0.39 is 0 Å². The van der Waals surface area contributed by atoms with Gasteiger partial charge in [-0.05, 0) is 42.0 Å². The SMILES string of the molecule is O=C(/C=C/c1ccc(F)cc1)Nc1cc(Br)ccc1-n1cncn1. The van der Waals surface area contributed by atoms with Crippen LogP contribution in [-0.4, -0.2) is 20.7 Å². The van der Waals surface area contributed by atoms with Crippen molar-refractivity contribution >= 4 is 33.6 Å². The second kappa shape index (κ2) is 7.18. The summed E-state index contributed by atoms with van der Waals surface area (Å²) < 4.78 is 15.3. The molecule has 0 spiro atoms. The number of carbonyl (C=O) groups is 1. The number of hydrogen-bond acceptors (Lipinski definition) is 3. The summed E-state index contributed by atoms with van der Waals surface area (Å²) in [5.74, 6) is -0.623. The summed E-state index contributed by atoms with van der Waals surface area (Å²) in [6.07, 6.45) is 5.97. The third kappa shape index (κ3) is 3.94. The Morgan fingerprint density at radius 1 is 1.21 bits per heavy atom. The van der Waals surface area contributed by atoms with Gasteiger partial charge in [0.15, 0.2) is 0 Å². The van der Waals surface area contributed by atoms with E-state index in [2.05, 4.69) is 31.3 Å². The molecule has 120 valence electrons. The van der Waals surface area contributed by atoms with Crippen LogP contribution in [0.25, 0.3) is 11.8 Å². The molecule has 24 heavy (non-hydrogen) atoms. The minimum absolute atomic E-state index is 0.307. The van der Waals surface area contributed by atoms with Crippen LogP contribution in [0.4, 0.5) is 10.1 Å². The first-order valence-corrected chi connectivity index (χ1v) is 7.80. The molecule has 0 aliphatic carbocycles. The largest absolute Gasteiger partial charge is 0.321 e. The van der Waals surface area contributed by atoms with Crippen molar-refractivity contribution in [2.45, 2.75) is 0 Å². The highest BCUT2D eigenvalue weighted by molar-refractivity contribution is 9.10. The first-order chi connectivity index (χ1) is 11.6. The maximum Gasteiger partial charge on any atom is 0.248 e. The van der Waals surface area contributed by atoms with Gasteiger partial charge in [0, 0.05) is 10.5 Å². The Bertz CT molecular complexity index is 876. The van der Waals surface area contributed by atoms with Crippen molar-refractivity contribution in [2.75, 3.05) is 5.32 Å². The highest BCUT2D eigenvalue weighted by atomic mass is 79.9. The maximum atomic E-state index is 12.9. The molecular weight excluding hydrogens is 375 g/mol. The first kappa shape index (κ1) is 16.1. The summed E-state index contributed by atoms with van der Waals surface area (Å²) in [4.78, 5) is 16.1. The predicted octanol–water partition coefficient (Wildman–Crippen LogP) is 3.82. The molecule has 0 radical (unpaired) electrons. The molecule has 0 saturated heterocycles. The van der Waals surface area contributed by atoms with Crippen LogP contribution < -0.4 is 5.32 Å². The Morgan fingerprint density at radius 3 is 2.71 bits per heavy atom. The zero-order chi connectivity index (χ0) is 16.9. The molecule has 7 heteroatoms. The molecule has 0 atom stereocenters. The van der Waals surface area contributed by atoms with Gasteiger partial charge in [0.25, 0.3) is 0 Å². The van der Waals surface area contributed by atoms with Crippen LogP contribution in [0.15, 0.2) is 65.7 Å². The lowest BCUT2D eigenvalue weighted by Crippen LogP contribution is -2.11. The number of hydrogen-bond donors (Lipinski definition) is 1. The summed E-state index contributed by atoms with van der Waals surface area (Å²) >= 11 is 3.38. The van der Waals surface area contributed by atoms with Gasteiger partial charge in [0.05, 0.1) is 11.4 Å². The van der Waals surface area contributed by atoms with Crippen molar-refractivity contribution in [3.63, 3.8) is 0 Å². The second-order valence-electron chi connectivity index (χ2n) is 4.88. The second-order valence-corrected chi connectivity index (χ2v) is 5.79. The number of aromatic nitrogens is 3. The molecule has 2 aromatic carbocycles. The molecule has 3 rings (SSSR count). The summed E-state index contributed by atoms with van der Waals surface area (Å²) in [5.41, 5.74) is 2.01. The predicted molar refractivity (Wildman–Crippen MR) is 93.1 cm³/mol. The Balaban J connectivity index is 1.79. The number of carbonyl (C=O) groups excluding carboxylic acids is 1. The number of amides is 1. The van der Waals surface area contributed by atoms with Crippen molar-refractivity contribution in [3.05, 3.63) is 77.0 Å². The number of nitrogens with zero attached hydrogens (tertiary/aromatic N) is 3. The van der Waals surface area contributed by atoms with Crippen molar-refractivity contribution in [1.29, 1.82) is 0 Å². The van der Waals surface area contributed by atoms with Gasteiger partial charge < -0.3 is 5.32 Å². The molecule has 1 aromatic heterocycles. The molecule has 0 aliphatic heterocycles. The summed E-state index contributed by atoms with van der Waals surface area (Å²) in [5, 5.41) is 6.87. The molecule has 3 aromatic rings. The van der Waals surface area contributed by atoms with Crippen molar-refractivity contribution < 1.29 is 9.18 Å². The lowest BCUT2D eigenvalue weighted by Gasteiger charge is -2.10. The highest BCUT2D eigenvalue weighted by Crippen LogP contribution is 2.24. The summed E-state index contributed by atoms with van der Waals surface area (Å²) in [7, 11) is 0. The number of benzene rings is 2. The lowest BCUT2D eigenvalue weighted by molar-refractivity contribution is -0.111. The number of nitrogens with one attached hydrogen (secondary N) is 1. The first-order valence-electron chi connectivity index (χ1n) is 7.01. The van der Waals surface area contributed by atoms with E-state index in [0.717, 1.165) is 10.0 Å². The van der Waals surface area contributed by atoms with Crippen LogP contribution in [0.3, 0.4) is 0 Å². The van der Waals surface area contributed by atoms with Gasteiger partial charge in [-0.1, -0.05) is 28.1 Å². The third-order valence-electron chi connectivity index (χ3n) is 3.18. The Labute approximate surface area is 146 Å². The van der Waals surface area contributed by atoms with Crippen LogP contribution in [0.2, 0.25) is 0 Å². The minimum atomic E-state index is -0.316. The van der Waals surface area contributed by atoms with E-state index in [-0.39, 0.29) is 11.7 Å². The zero-order valence-electron chi connectivity index (χ0n) is 12.4. The fourth-order valence-corrected chi connectivity index (χ4v) is 2.42. The molecule has 0 aliphatic rings. The third-order valence-corrected chi connectivity index (χ3v) is 3.67. The van der Waals surface area contributed by atoms with Gasteiger partial charge in [0.2, 0.25) is 5.91 Å². The average molecular weight is 387 g/mol. The summed E-state index contributed by atoms with van der Waals surface area (Å²) in [6, 6.07) is 11.3. The van der Waals surface area contributed by atoms with E-state index in [0.29, 0.717) is 11.4 Å². The van der Waals surface area contributed by atoms with E-state index in [4.69, 9.17) is 0 Å². The molecule has 1 amide bonds. The molecule has 1 heterocycles. The van der Waals surface area contributed by atoms with Crippen molar-refractivity contribution in [3.8, 4) is 5.69 Å².